The average Bonchev–Trinajstić information content (AvgIpc) is 3.16. The van der Waals surface area contributed by atoms with Gasteiger partial charge < -0.3 is 15.1 Å². The molecule has 1 fully saturated rings. The summed E-state index contributed by atoms with van der Waals surface area (Å²) in [5.74, 6) is 1.01. The number of nitrogens with zero attached hydrogens (tertiary/aromatic N) is 4. The molecule has 0 radical (unpaired) electrons. The maximum atomic E-state index is 13.4. The zero-order valence-corrected chi connectivity index (χ0v) is 21.1. The average molecular weight is 498 g/mol. The van der Waals surface area contributed by atoms with E-state index in [-0.39, 0.29) is 48.5 Å². The van der Waals surface area contributed by atoms with Crippen molar-refractivity contribution >= 4 is 36.5 Å². The van der Waals surface area contributed by atoms with E-state index < -0.39 is 0 Å². The molecule has 182 valence electrons. The highest BCUT2D eigenvalue weighted by molar-refractivity contribution is 5.86. The Morgan fingerprint density at radius 2 is 1.79 bits per heavy atom. The number of hydrogen-bond donors (Lipinski definition) is 1. The number of halogens is 3. The normalized spacial score (nSPS) is 18.4. The van der Waals surface area contributed by atoms with E-state index in [4.69, 9.17) is 0 Å². The van der Waals surface area contributed by atoms with Gasteiger partial charge in [-0.2, -0.15) is 0 Å². The number of amides is 1. The van der Waals surface area contributed by atoms with Gasteiger partial charge in [0.2, 0.25) is 5.91 Å². The highest BCUT2D eigenvalue weighted by Crippen LogP contribution is 2.37. The number of rotatable bonds is 6. The van der Waals surface area contributed by atoms with Crippen LogP contribution >= 0.6 is 24.8 Å². The van der Waals surface area contributed by atoms with Crippen LogP contribution in [-0.2, 0) is 11.2 Å². The summed E-state index contributed by atoms with van der Waals surface area (Å²) in [5.41, 5.74) is 3.31. The molecular weight excluding hydrogens is 464 g/mol. The zero-order valence-electron chi connectivity index (χ0n) is 19.5. The van der Waals surface area contributed by atoms with Gasteiger partial charge in [-0.25, -0.2) is 14.4 Å². The van der Waals surface area contributed by atoms with Crippen molar-refractivity contribution in [3.05, 3.63) is 53.2 Å². The molecular formula is C24H34Cl2FN5O. The summed E-state index contributed by atoms with van der Waals surface area (Å²) < 4.78 is 13.4. The summed E-state index contributed by atoms with van der Waals surface area (Å²) in [5, 5.41) is 3.38. The smallest absolute Gasteiger partial charge is 0.231 e. The standard InChI is InChI=1S/C24H32FN5O.2ClH/c1-16(2)26-14-20(18-5-7-19(25)8-6-18)24(31)30-12-10-29(11-13-30)23-22-17(3)4-9-21(22)27-15-28-23;;/h5-8,15-17,20,26H,4,9-14H2,1-3H3;2*1H/t17-,20?;;/m1../s1. The zero-order chi connectivity index (χ0) is 22.0. The summed E-state index contributed by atoms with van der Waals surface area (Å²) in [6, 6.07) is 6.58. The molecule has 0 spiro atoms. The fourth-order valence-corrected chi connectivity index (χ4v) is 4.63. The largest absolute Gasteiger partial charge is 0.353 e. The molecule has 2 aromatic rings. The van der Waals surface area contributed by atoms with Crippen LogP contribution in [0.1, 0.15) is 55.8 Å². The summed E-state index contributed by atoms with van der Waals surface area (Å²) in [6.45, 7) is 9.74. The number of anilines is 1. The van der Waals surface area contributed by atoms with Crippen LogP contribution < -0.4 is 10.2 Å². The van der Waals surface area contributed by atoms with Gasteiger partial charge in [0, 0.05) is 50.0 Å². The Labute approximate surface area is 208 Å². The van der Waals surface area contributed by atoms with Crippen molar-refractivity contribution in [3.63, 3.8) is 0 Å². The van der Waals surface area contributed by atoms with E-state index in [1.807, 2.05) is 4.90 Å². The maximum Gasteiger partial charge on any atom is 0.231 e. The first-order valence-corrected chi connectivity index (χ1v) is 11.3. The molecule has 1 aromatic carbocycles. The molecule has 33 heavy (non-hydrogen) atoms. The van der Waals surface area contributed by atoms with Crippen LogP contribution in [0.3, 0.4) is 0 Å². The first-order valence-electron chi connectivity index (χ1n) is 11.3. The molecule has 9 heteroatoms. The molecule has 1 unspecified atom stereocenters. The highest BCUT2D eigenvalue weighted by Gasteiger charge is 2.32. The number of hydrogen-bond acceptors (Lipinski definition) is 5. The molecule has 1 amide bonds. The number of nitrogens with one attached hydrogen (secondary N) is 1. The fourth-order valence-electron chi connectivity index (χ4n) is 4.63. The second-order valence-corrected chi connectivity index (χ2v) is 8.98. The lowest BCUT2D eigenvalue weighted by Crippen LogP contribution is -2.51. The van der Waals surface area contributed by atoms with E-state index in [0.717, 1.165) is 37.3 Å². The molecule has 2 atom stereocenters. The predicted octanol–water partition coefficient (Wildman–Crippen LogP) is 3.94. The van der Waals surface area contributed by atoms with Gasteiger partial charge in [0.15, 0.2) is 0 Å². The number of aromatic nitrogens is 2. The summed E-state index contributed by atoms with van der Waals surface area (Å²) in [6.07, 6.45) is 3.82. The summed E-state index contributed by atoms with van der Waals surface area (Å²) >= 11 is 0. The third-order valence-electron chi connectivity index (χ3n) is 6.44. The molecule has 4 rings (SSSR count). The van der Waals surface area contributed by atoms with Gasteiger partial charge in [-0.15, -0.1) is 24.8 Å². The molecule has 1 saturated heterocycles. The van der Waals surface area contributed by atoms with Gasteiger partial charge in [0.25, 0.3) is 0 Å². The Balaban J connectivity index is 0.00000193. The highest BCUT2D eigenvalue weighted by atomic mass is 35.5. The van der Waals surface area contributed by atoms with Gasteiger partial charge in [-0.05, 0) is 36.5 Å². The Bertz CT molecular complexity index is 920. The van der Waals surface area contributed by atoms with Crippen LogP contribution in [-0.4, -0.2) is 59.5 Å². The maximum absolute atomic E-state index is 13.4. The van der Waals surface area contributed by atoms with E-state index in [9.17, 15) is 9.18 Å². The third kappa shape index (κ3) is 6.14. The minimum atomic E-state index is -0.321. The first kappa shape index (κ1) is 27.3. The lowest BCUT2D eigenvalue weighted by atomic mass is 9.96. The van der Waals surface area contributed by atoms with Crippen molar-refractivity contribution in [2.45, 2.75) is 51.5 Å². The van der Waals surface area contributed by atoms with Crippen LogP contribution in [0, 0.1) is 5.82 Å². The van der Waals surface area contributed by atoms with Gasteiger partial charge >= 0.3 is 0 Å². The minimum Gasteiger partial charge on any atom is -0.353 e. The Morgan fingerprint density at radius 3 is 2.42 bits per heavy atom. The number of carbonyl (C=O) groups is 1. The van der Waals surface area contributed by atoms with Crippen molar-refractivity contribution in [2.24, 2.45) is 0 Å². The van der Waals surface area contributed by atoms with Gasteiger partial charge in [0.1, 0.15) is 18.0 Å². The van der Waals surface area contributed by atoms with E-state index in [0.29, 0.717) is 25.6 Å². The first-order chi connectivity index (χ1) is 14.9. The third-order valence-corrected chi connectivity index (χ3v) is 6.44. The topological polar surface area (TPSA) is 61.4 Å². The van der Waals surface area contributed by atoms with Crippen molar-refractivity contribution in [2.75, 3.05) is 37.6 Å². The van der Waals surface area contributed by atoms with Crippen LogP contribution in [0.4, 0.5) is 10.2 Å². The molecule has 0 saturated carbocycles. The molecule has 1 N–H and O–H groups in total. The molecule has 1 aliphatic carbocycles. The van der Waals surface area contributed by atoms with E-state index >= 15 is 0 Å². The van der Waals surface area contributed by atoms with Crippen molar-refractivity contribution in [1.29, 1.82) is 0 Å². The van der Waals surface area contributed by atoms with Crippen molar-refractivity contribution < 1.29 is 9.18 Å². The van der Waals surface area contributed by atoms with E-state index in [1.54, 1.807) is 18.5 Å². The second-order valence-electron chi connectivity index (χ2n) is 8.98. The summed E-state index contributed by atoms with van der Waals surface area (Å²) in [7, 11) is 0. The molecule has 1 aliphatic heterocycles. The SMILES string of the molecule is CC(C)NCC(C(=O)N1CCN(c2ncnc3c2[C@H](C)CC3)CC1)c1ccc(F)cc1.Cl.Cl. The van der Waals surface area contributed by atoms with E-state index in [1.165, 1.54) is 23.4 Å². The Kier molecular flexibility index (Phi) is 9.88. The lowest BCUT2D eigenvalue weighted by Gasteiger charge is -2.38. The van der Waals surface area contributed by atoms with Crippen molar-refractivity contribution in [3.8, 4) is 0 Å². The van der Waals surface area contributed by atoms with Crippen LogP contribution in [0.15, 0.2) is 30.6 Å². The number of fused-ring (bicyclic) bond motifs is 1. The Hall–Kier alpha value is -1.96. The quantitative estimate of drug-likeness (QED) is 0.654. The van der Waals surface area contributed by atoms with Gasteiger partial charge in [-0.3, -0.25) is 4.79 Å². The molecule has 6 nitrogen and oxygen atoms in total. The predicted molar refractivity (Wildman–Crippen MR) is 134 cm³/mol. The van der Waals surface area contributed by atoms with E-state index in [2.05, 4.69) is 41.0 Å². The minimum absolute atomic E-state index is 0. The Morgan fingerprint density at radius 1 is 1.12 bits per heavy atom. The van der Waals surface area contributed by atoms with Crippen LogP contribution in [0.5, 0.6) is 0 Å². The van der Waals surface area contributed by atoms with Gasteiger partial charge in [0.05, 0.1) is 5.92 Å². The van der Waals surface area contributed by atoms with Crippen molar-refractivity contribution in [1.82, 2.24) is 20.2 Å². The lowest BCUT2D eigenvalue weighted by molar-refractivity contribution is -0.133. The number of carbonyl (C=O) groups excluding carboxylic acids is 1. The fraction of sp³-hybridized carbons (Fsp3) is 0.542. The van der Waals surface area contributed by atoms with Crippen LogP contribution in [0.2, 0.25) is 0 Å². The number of benzene rings is 1. The molecule has 2 aliphatic rings. The summed E-state index contributed by atoms with van der Waals surface area (Å²) in [4.78, 5) is 26.7. The molecule has 1 aromatic heterocycles. The van der Waals surface area contributed by atoms with Gasteiger partial charge in [-0.1, -0.05) is 32.9 Å². The second kappa shape index (κ2) is 12.0. The molecule has 0 bridgehead atoms. The van der Waals surface area contributed by atoms with Crippen LogP contribution in [0.25, 0.3) is 0 Å². The monoisotopic (exact) mass is 497 g/mol. The number of piperazine rings is 1. The molecule has 2 heterocycles. The number of aryl methyl sites for hydroxylation is 1.